The predicted octanol–water partition coefficient (Wildman–Crippen LogP) is 2.57. The number of anilines is 1. The number of rotatable bonds is 5. The normalized spacial score (nSPS) is 23.6. The molecule has 1 aliphatic carbocycles. The largest absolute Gasteiger partial charge is 0.393 e. The molecule has 1 fully saturated rings. The fourth-order valence-corrected chi connectivity index (χ4v) is 4.03. The van der Waals surface area contributed by atoms with E-state index >= 15 is 0 Å². The van der Waals surface area contributed by atoms with Crippen molar-refractivity contribution >= 4 is 22.9 Å². The first-order valence-corrected chi connectivity index (χ1v) is 9.19. The van der Waals surface area contributed by atoms with Gasteiger partial charge in [0.25, 0.3) is 0 Å². The average Bonchev–Trinajstić information content (AvgIpc) is 3.15. The van der Waals surface area contributed by atoms with E-state index in [4.69, 9.17) is 0 Å². The minimum Gasteiger partial charge on any atom is -0.393 e. The van der Waals surface area contributed by atoms with Gasteiger partial charge in [-0.1, -0.05) is 6.92 Å². The minimum atomic E-state index is -0.979. The molecule has 1 saturated carbocycles. The Morgan fingerprint density at radius 3 is 2.72 bits per heavy atom. The molecule has 0 saturated heterocycles. The first-order chi connectivity index (χ1) is 11.8. The van der Waals surface area contributed by atoms with Crippen molar-refractivity contribution in [1.82, 2.24) is 9.97 Å². The SMILES string of the molecule is C[C@@H]1C[C@@H](Nc2ncncc2C(=O)c2ccc(C(C)(C)O)s2)C[C@@H]1O. The van der Waals surface area contributed by atoms with Gasteiger partial charge in [-0.15, -0.1) is 11.3 Å². The molecule has 6 nitrogen and oxygen atoms in total. The van der Waals surface area contributed by atoms with E-state index in [2.05, 4.69) is 15.3 Å². The zero-order valence-electron chi connectivity index (χ0n) is 14.6. The molecule has 7 heteroatoms. The van der Waals surface area contributed by atoms with Gasteiger partial charge in [0.2, 0.25) is 5.78 Å². The molecule has 2 heterocycles. The number of nitrogens with zero attached hydrogens (tertiary/aromatic N) is 2. The maximum Gasteiger partial charge on any atom is 0.208 e. The van der Waals surface area contributed by atoms with E-state index in [-0.39, 0.29) is 23.8 Å². The van der Waals surface area contributed by atoms with Crippen LogP contribution in [0.3, 0.4) is 0 Å². The van der Waals surface area contributed by atoms with Gasteiger partial charge in [-0.25, -0.2) is 9.97 Å². The molecule has 0 amide bonds. The Hall–Kier alpha value is -1.83. The minimum absolute atomic E-state index is 0.0849. The van der Waals surface area contributed by atoms with E-state index < -0.39 is 5.60 Å². The third-order valence-corrected chi connectivity index (χ3v) is 5.97. The lowest BCUT2D eigenvalue weighted by Crippen LogP contribution is -2.20. The highest BCUT2D eigenvalue weighted by Crippen LogP contribution is 2.31. The van der Waals surface area contributed by atoms with E-state index in [0.29, 0.717) is 22.7 Å². The van der Waals surface area contributed by atoms with Crippen LogP contribution in [0.15, 0.2) is 24.7 Å². The van der Waals surface area contributed by atoms with Crippen LogP contribution in [-0.2, 0) is 5.60 Å². The van der Waals surface area contributed by atoms with E-state index in [0.717, 1.165) is 11.3 Å². The number of carbonyl (C=O) groups excluding carboxylic acids is 1. The fraction of sp³-hybridized carbons (Fsp3) is 0.500. The quantitative estimate of drug-likeness (QED) is 0.709. The molecule has 2 aromatic heterocycles. The Labute approximate surface area is 151 Å². The number of aliphatic hydroxyl groups is 2. The molecule has 3 atom stereocenters. The molecule has 0 aromatic carbocycles. The lowest BCUT2D eigenvalue weighted by atomic mass is 10.1. The van der Waals surface area contributed by atoms with Gasteiger partial charge in [0.15, 0.2) is 0 Å². The number of hydrogen-bond acceptors (Lipinski definition) is 7. The average molecular weight is 361 g/mol. The monoisotopic (exact) mass is 361 g/mol. The van der Waals surface area contributed by atoms with Crippen LogP contribution in [0.25, 0.3) is 0 Å². The summed E-state index contributed by atoms with van der Waals surface area (Å²) in [6.45, 7) is 5.40. The van der Waals surface area contributed by atoms with Gasteiger partial charge in [0.1, 0.15) is 12.1 Å². The van der Waals surface area contributed by atoms with Gasteiger partial charge in [0, 0.05) is 17.1 Å². The second-order valence-corrected chi connectivity index (χ2v) is 8.28. The summed E-state index contributed by atoms with van der Waals surface area (Å²) in [6.07, 6.45) is 4.06. The Balaban J connectivity index is 1.83. The summed E-state index contributed by atoms with van der Waals surface area (Å²) < 4.78 is 0. The van der Waals surface area contributed by atoms with Crippen molar-refractivity contribution in [3.8, 4) is 0 Å². The molecule has 0 bridgehead atoms. The van der Waals surface area contributed by atoms with Crippen molar-refractivity contribution in [3.63, 3.8) is 0 Å². The van der Waals surface area contributed by atoms with Crippen molar-refractivity contribution in [3.05, 3.63) is 40.0 Å². The number of thiophene rings is 1. The number of aromatic nitrogens is 2. The van der Waals surface area contributed by atoms with Crippen molar-refractivity contribution < 1.29 is 15.0 Å². The molecule has 0 radical (unpaired) electrons. The molecular formula is C18H23N3O3S. The number of nitrogens with one attached hydrogen (secondary N) is 1. The Morgan fingerprint density at radius 1 is 1.36 bits per heavy atom. The van der Waals surface area contributed by atoms with Gasteiger partial charge in [-0.3, -0.25) is 4.79 Å². The summed E-state index contributed by atoms with van der Waals surface area (Å²) in [5.74, 6) is 0.546. The third kappa shape index (κ3) is 3.89. The lowest BCUT2D eigenvalue weighted by molar-refractivity contribution is 0.0825. The van der Waals surface area contributed by atoms with Gasteiger partial charge >= 0.3 is 0 Å². The van der Waals surface area contributed by atoms with Crippen LogP contribution >= 0.6 is 11.3 Å². The Kier molecular flexibility index (Phi) is 4.90. The number of aliphatic hydroxyl groups excluding tert-OH is 1. The van der Waals surface area contributed by atoms with Crippen LogP contribution in [0.2, 0.25) is 0 Å². The summed E-state index contributed by atoms with van der Waals surface area (Å²) in [6, 6.07) is 3.57. The third-order valence-electron chi connectivity index (χ3n) is 4.57. The van der Waals surface area contributed by atoms with Gasteiger partial charge in [-0.05, 0) is 44.7 Å². The highest BCUT2D eigenvalue weighted by Gasteiger charge is 2.31. The highest BCUT2D eigenvalue weighted by molar-refractivity contribution is 7.14. The van der Waals surface area contributed by atoms with Gasteiger partial charge in [-0.2, -0.15) is 0 Å². The molecule has 3 N–H and O–H groups in total. The molecule has 25 heavy (non-hydrogen) atoms. The zero-order valence-corrected chi connectivity index (χ0v) is 15.4. The van der Waals surface area contributed by atoms with Crippen LogP contribution in [0, 0.1) is 5.92 Å². The summed E-state index contributed by atoms with van der Waals surface area (Å²) in [5.41, 5.74) is -0.575. The summed E-state index contributed by atoms with van der Waals surface area (Å²) in [4.78, 5) is 22.3. The van der Waals surface area contributed by atoms with E-state index in [1.807, 2.05) is 6.92 Å². The first kappa shape index (κ1) is 18.0. The maximum atomic E-state index is 12.9. The van der Waals surface area contributed by atoms with E-state index in [1.165, 1.54) is 23.9 Å². The van der Waals surface area contributed by atoms with Crippen molar-refractivity contribution in [2.24, 2.45) is 5.92 Å². The molecule has 3 rings (SSSR count). The summed E-state index contributed by atoms with van der Waals surface area (Å²) in [5, 5.41) is 23.3. The van der Waals surface area contributed by atoms with Crippen LogP contribution in [0.5, 0.6) is 0 Å². The molecule has 2 aromatic rings. The standard InChI is InChI=1S/C18H23N3O3S/c1-10-6-11(7-13(10)22)21-17-12(8-19-9-20-17)16(23)14-4-5-15(25-14)18(2,3)24/h4-5,8-11,13,22,24H,6-7H2,1-3H3,(H,19,20,21)/t10-,11-,13+/m1/s1. The van der Waals surface area contributed by atoms with Crippen LogP contribution in [0.1, 0.15) is 53.7 Å². The zero-order chi connectivity index (χ0) is 18.2. The fourth-order valence-electron chi connectivity index (χ4n) is 3.07. The number of hydrogen-bond donors (Lipinski definition) is 3. The lowest BCUT2D eigenvalue weighted by Gasteiger charge is -2.15. The highest BCUT2D eigenvalue weighted by atomic mass is 32.1. The second kappa shape index (κ2) is 6.82. The van der Waals surface area contributed by atoms with Crippen LogP contribution in [0.4, 0.5) is 5.82 Å². The van der Waals surface area contributed by atoms with Gasteiger partial charge < -0.3 is 15.5 Å². The van der Waals surface area contributed by atoms with Crippen LogP contribution < -0.4 is 5.32 Å². The second-order valence-electron chi connectivity index (χ2n) is 7.19. The number of ketones is 1. The smallest absolute Gasteiger partial charge is 0.208 e. The van der Waals surface area contributed by atoms with Crippen molar-refractivity contribution in [2.75, 3.05) is 5.32 Å². The van der Waals surface area contributed by atoms with Gasteiger partial charge in [0.05, 0.1) is 22.1 Å². The topological polar surface area (TPSA) is 95.3 Å². The van der Waals surface area contributed by atoms with E-state index in [9.17, 15) is 15.0 Å². The maximum absolute atomic E-state index is 12.9. The Morgan fingerprint density at radius 2 is 2.12 bits per heavy atom. The first-order valence-electron chi connectivity index (χ1n) is 8.37. The summed E-state index contributed by atoms with van der Waals surface area (Å²) in [7, 11) is 0. The summed E-state index contributed by atoms with van der Waals surface area (Å²) >= 11 is 1.27. The molecule has 0 spiro atoms. The molecule has 1 aliphatic rings. The molecule has 0 aliphatic heterocycles. The molecule has 134 valence electrons. The number of carbonyl (C=O) groups is 1. The predicted molar refractivity (Wildman–Crippen MR) is 96.8 cm³/mol. The molecule has 0 unspecified atom stereocenters. The molecular weight excluding hydrogens is 338 g/mol. The van der Waals surface area contributed by atoms with E-state index in [1.54, 1.807) is 26.0 Å². The van der Waals surface area contributed by atoms with Crippen molar-refractivity contribution in [1.29, 1.82) is 0 Å². The van der Waals surface area contributed by atoms with Crippen LogP contribution in [-0.4, -0.2) is 38.1 Å². The van der Waals surface area contributed by atoms with Crippen molar-refractivity contribution in [2.45, 2.75) is 51.4 Å². The Bertz CT molecular complexity index is 759.